The van der Waals surface area contributed by atoms with E-state index in [0.29, 0.717) is 12.2 Å². The average molecular weight is 461 g/mol. The van der Waals surface area contributed by atoms with Crippen LogP contribution in [-0.2, 0) is 16.0 Å². The molecule has 1 aromatic heterocycles. The maximum Gasteiger partial charge on any atom is 0.328 e. The number of hydrogen-bond acceptors (Lipinski definition) is 7. The fourth-order valence-corrected chi connectivity index (χ4v) is 4.28. The van der Waals surface area contributed by atoms with Crippen LogP contribution < -0.4 is 5.32 Å². The summed E-state index contributed by atoms with van der Waals surface area (Å²) >= 11 is 1.73. The van der Waals surface area contributed by atoms with Crippen molar-refractivity contribution in [1.29, 1.82) is 0 Å². The molecule has 0 unspecified atom stereocenters. The zero-order valence-corrected chi connectivity index (χ0v) is 18.7. The standard InChI is InChI=1S/C18H21FN4S.C4H4O4/c1-3-13-11-14-17(23-8-6-22(2)7-9-23)20-15-5-4-12(19)10-16(15)21-18(14)24-13;5-3(6)1-2-4(7)8/h4-5,10-11,21H,3,6-9H2,1-2H3;1-2H,(H,5,6)(H,7,8)/b;2-1-. The van der Waals surface area contributed by atoms with Crippen LogP contribution in [0.5, 0.6) is 0 Å². The summed E-state index contributed by atoms with van der Waals surface area (Å²) in [5, 5.41) is 20.1. The number of amidine groups is 1. The van der Waals surface area contributed by atoms with Crippen LogP contribution in [0.25, 0.3) is 0 Å². The maximum atomic E-state index is 13.7. The van der Waals surface area contributed by atoms with Crippen LogP contribution in [0.15, 0.2) is 41.4 Å². The number of piperazine rings is 1. The van der Waals surface area contributed by atoms with E-state index >= 15 is 0 Å². The van der Waals surface area contributed by atoms with Crippen molar-refractivity contribution >= 4 is 45.5 Å². The first-order valence-electron chi connectivity index (χ1n) is 10.1. The number of halogens is 1. The minimum atomic E-state index is -1.26. The molecule has 0 spiro atoms. The lowest BCUT2D eigenvalue weighted by molar-refractivity contribution is -0.134. The summed E-state index contributed by atoms with van der Waals surface area (Å²) in [6.45, 7) is 6.14. The van der Waals surface area contributed by atoms with E-state index in [1.54, 1.807) is 17.4 Å². The average Bonchev–Trinajstić information content (AvgIpc) is 3.09. The van der Waals surface area contributed by atoms with E-state index in [9.17, 15) is 14.0 Å². The van der Waals surface area contributed by atoms with Gasteiger partial charge >= 0.3 is 11.9 Å². The van der Waals surface area contributed by atoms with Crippen molar-refractivity contribution in [2.45, 2.75) is 13.3 Å². The molecule has 2 aliphatic rings. The summed E-state index contributed by atoms with van der Waals surface area (Å²) in [4.78, 5) is 30.0. The minimum Gasteiger partial charge on any atom is -0.478 e. The van der Waals surface area contributed by atoms with Gasteiger partial charge in [-0.15, -0.1) is 11.3 Å². The Hall–Kier alpha value is -3.24. The van der Waals surface area contributed by atoms with E-state index in [4.69, 9.17) is 15.2 Å². The number of hydrogen-bond donors (Lipinski definition) is 3. The topological polar surface area (TPSA) is 105 Å². The second kappa shape index (κ2) is 10.4. The molecule has 10 heteroatoms. The molecule has 2 aromatic rings. The summed E-state index contributed by atoms with van der Waals surface area (Å²) in [6.07, 6.45) is 2.11. The van der Waals surface area contributed by atoms with Crippen molar-refractivity contribution in [3.63, 3.8) is 0 Å². The summed E-state index contributed by atoms with van der Waals surface area (Å²) in [5.74, 6) is -1.75. The highest BCUT2D eigenvalue weighted by Gasteiger charge is 2.25. The number of aliphatic carboxylic acids is 2. The van der Waals surface area contributed by atoms with Crippen molar-refractivity contribution in [3.8, 4) is 0 Å². The lowest BCUT2D eigenvalue weighted by Crippen LogP contribution is -2.47. The lowest BCUT2D eigenvalue weighted by atomic mass is 10.2. The molecule has 0 amide bonds. The van der Waals surface area contributed by atoms with Gasteiger partial charge in [-0.05, 0) is 37.7 Å². The Morgan fingerprint density at radius 1 is 1.16 bits per heavy atom. The van der Waals surface area contributed by atoms with Gasteiger partial charge in [0, 0.05) is 43.2 Å². The number of fused-ring (bicyclic) bond motifs is 2. The summed E-state index contributed by atoms with van der Waals surface area (Å²) < 4.78 is 13.7. The zero-order chi connectivity index (χ0) is 23.3. The Morgan fingerprint density at radius 2 is 1.81 bits per heavy atom. The number of carboxylic acids is 2. The highest BCUT2D eigenvalue weighted by molar-refractivity contribution is 7.16. The largest absolute Gasteiger partial charge is 0.478 e. The second-order valence-corrected chi connectivity index (χ2v) is 8.47. The van der Waals surface area contributed by atoms with Gasteiger partial charge in [-0.3, -0.25) is 0 Å². The summed E-state index contributed by atoms with van der Waals surface area (Å²) in [5.41, 5.74) is 2.68. The Kier molecular flexibility index (Phi) is 7.60. The number of benzene rings is 1. The van der Waals surface area contributed by atoms with Crippen molar-refractivity contribution in [2.24, 2.45) is 4.99 Å². The first-order valence-corrected chi connectivity index (χ1v) is 10.9. The molecule has 1 aromatic carbocycles. The monoisotopic (exact) mass is 460 g/mol. The first kappa shape index (κ1) is 23.4. The Bertz CT molecular complexity index is 1040. The van der Waals surface area contributed by atoms with Crippen LogP contribution in [0.1, 0.15) is 17.4 Å². The highest BCUT2D eigenvalue weighted by Crippen LogP contribution is 2.39. The Morgan fingerprint density at radius 3 is 2.41 bits per heavy atom. The third kappa shape index (κ3) is 5.92. The predicted molar refractivity (Wildman–Crippen MR) is 123 cm³/mol. The molecule has 0 saturated carbocycles. The molecular weight excluding hydrogens is 435 g/mol. The first-order chi connectivity index (χ1) is 15.3. The van der Waals surface area contributed by atoms with E-state index in [1.165, 1.54) is 17.0 Å². The number of carboxylic acid groups (broad SMARTS) is 2. The molecule has 0 atom stereocenters. The van der Waals surface area contributed by atoms with Gasteiger partial charge in [0.25, 0.3) is 0 Å². The number of nitrogens with one attached hydrogen (secondary N) is 1. The molecule has 1 saturated heterocycles. The van der Waals surface area contributed by atoms with Crippen molar-refractivity contribution in [3.05, 3.63) is 52.7 Å². The summed E-state index contributed by atoms with van der Waals surface area (Å²) in [7, 11) is 2.15. The Labute approximate surface area is 189 Å². The van der Waals surface area contributed by atoms with Gasteiger partial charge in [0.15, 0.2) is 0 Å². The number of aryl methyl sites for hydroxylation is 1. The van der Waals surface area contributed by atoms with Crippen LogP contribution in [-0.4, -0.2) is 71.0 Å². The van der Waals surface area contributed by atoms with Crippen LogP contribution in [0, 0.1) is 5.82 Å². The number of nitrogens with zero attached hydrogens (tertiary/aromatic N) is 3. The van der Waals surface area contributed by atoms with Gasteiger partial charge < -0.3 is 25.3 Å². The fourth-order valence-electron chi connectivity index (χ4n) is 3.28. The number of likely N-dealkylation sites (N-methyl/N-ethyl adjacent to an activating group) is 1. The van der Waals surface area contributed by atoms with Crippen LogP contribution in [0.4, 0.5) is 20.8 Å². The normalized spacial score (nSPS) is 15.6. The summed E-state index contributed by atoms with van der Waals surface area (Å²) in [6, 6.07) is 6.99. The molecule has 0 bridgehead atoms. The second-order valence-electron chi connectivity index (χ2n) is 7.33. The fraction of sp³-hybridized carbons (Fsp3) is 0.318. The molecule has 0 aliphatic carbocycles. The van der Waals surface area contributed by atoms with Crippen molar-refractivity contribution < 1.29 is 24.2 Å². The van der Waals surface area contributed by atoms with E-state index < -0.39 is 11.9 Å². The molecule has 2 aliphatic heterocycles. The minimum absolute atomic E-state index is 0.242. The number of thiophene rings is 1. The van der Waals surface area contributed by atoms with Crippen molar-refractivity contribution in [1.82, 2.24) is 9.80 Å². The van der Waals surface area contributed by atoms with E-state index in [1.807, 2.05) is 0 Å². The van der Waals surface area contributed by atoms with Crippen molar-refractivity contribution in [2.75, 3.05) is 38.5 Å². The number of anilines is 2. The quantitative estimate of drug-likeness (QED) is 0.602. The molecule has 8 nitrogen and oxygen atoms in total. The van der Waals surface area contributed by atoms with Gasteiger partial charge in [0.2, 0.25) is 0 Å². The third-order valence-corrected chi connectivity index (χ3v) is 6.17. The number of rotatable bonds is 3. The molecule has 32 heavy (non-hydrogen) atoms. The van der Waals surface area contributed by atoms with Crippen LogP contribution in [0.2, 0.25) is 0 Å². The van der Waals surface area contributed by atoms with Gasteiger partial charge in [-0.25, -0.2) is 19.0 Å². The maximum absolute atomic E-state index is 13.7. The zero-order valence-electron chi connectivity index (χ0n) is 17.8. The van der Waals surface area contributed by atoms with Gasteiger partial charge in [0.05, 0.1) is 16.9 Å². The molecule has 0 radical (unpaired) electrons. The van der Waals surface area contributed by atoms with Crippen LogP contribution >= 0.6 is 11.3 Å². The SMILES string of the molecule is CCc1cc2c(s1)Nc1cc(F)ccc1N=C2N1CCN(C)CC1.O=C(O)/C=C\C(=O)O. The number of carbonyl (C=O) groups is 2. The lowest BCUT2D eigenvalue weighted by Gasteiger charge is -2.34. The number of aliphatic imine (C=N–C) groups is 1. The molecule has 170 valence electrons. The molecule has 3 N–H and O–H groups in total. The molecule has 1 fully saturated rings. The van der Waals surface area contributed by atoms with Gasteiger partial charge in [0.1, 0.15) is 16.7 Å². The van der Waals surface area contributed by atoms with E-state index in [-0.39, 0.29) is 5.82 Å². The smallest absolute Gasteiger partial charge is 0.328 e. The van der Waals surface area contributed by atoms with E-state index in [0.717, 1.165) is 60.4 Å². The van der Waals surface area contributed by atoms with Gasteiger partial charge in [-0.1, -0.05) is 6.92 Å². The highest BCUT2D eigenvalue weighted by atomic mass is 32.1. The third-order valence-electron chi connectivity index (χ3n) is 4.98. The predicted octanol–water partition coefficient (Wildman–Crippen LogP) is 3.54. The van der Waals surface area contributed by atoms with Gasteiger partial charge in [-0.2, -0.15) is 0 Å². The Balaban J connectivity index is 0.000000312. The van der Waals surface area contributed by atoms with Crippen LogP contribution in [0.3, 0.4) is 0 Å². The molecule has 4 rings (SSSR count). The van der Waals surface area contributed by atoms with E-state index in [2.05, 4.69) is 35.2 Å². The molecular formula is C22H25FN4O4S. The molecule has 3 heterocycles.